The van der Waals surface area contributed by atoms with Crippen LogP contribution in [0.1, 0.15) is 18.4 Å². The summed E-state index contributed by atoms with van der Waals surface area (Å²) >= 11 is 0. The van der Waals surface area contributed by atoms with E-state index in [2.05, 4.69) is 22.5 Å². The maximum atomic E-state index is 11.5. The summed E-state index contributed by atoms with van der Waals surface area (Å²) in [5.41, 5.74) is 6.94. The third-order valence-electron chi connectivity index (χ3n) is 2.39. The van der Waals surface area contributed by atoms with E-state index in [1.807, 2.05) is 24.3 Å². The van der Waals surface area contributed by atoms with Crippen LogP contribution in [0, 0.1) is 11.8 Å². The largest absolute Gasteiger partial charge is 0.335 e. The topological polar surface area (TPSA) is 67.1 Å². The van der Waals surface area contributed by atoms with Gasteiger partial charge in [-0.15, -0.1) is 0 Å². The predicted molar refractivity (Wildman–Crippen MR) is 67.6 cm³/mol. The first kappa shape index (κ1) is 11.5. The molecule has 0 spiro atoms. The van der Waals surface area contributed by atoms with Crippen molar-refractivity contribution in [3.05, 3.63) is 29.8 Å². The van der Waals surface area contributed by atoms with Gasteiger partial charge < -0.3 is 16.4 Å². The summed E-state index contributed by atoms with van der Waals surface area (Å²) in [6.07, 6.45) is 2.17. The molecule has 4 heteroatoms. The van der Waals surface area contributed by atoms with Crippen molar-refractivity contribution < 1.29 is 4.79 Å². The molecular formula is C13H15N3O. The molecular weight excluding hydrogens is 214 g/mol. The normalized spacial score (nSPS) is 13.5. The Balaban J connectivity index is 1.90. The van der Waals surface area contributed by atoms with Crippen LogP contribution in [0.25, 0.3) is 0 Å². The van der Waals surface area contributed by atoms with Crippen molar-refractivity contribution in [2.45, 2.75) is 18.9 Å². The number of rotatable bonds is 2. The second-order valence-electron chi connectivity index (χ2n) is 3.96. The molecule has 0 saturated heterocycles. The molecule has 4 nitrogen and oxygen atoms in total. The van der Waals surface area contributed by atoms with Gasteiger partial charge in [-0.2, -0.15) is 0 Å². The van der Waals surface area contributed by atoms with Crippen molar-refractivity contribution in [1.82, 2.24) is 5.32 Å². The molecule has 0 aromatic heterocycles. The molecule has 88 valence electrons. The quantitative estimate of drug-likeness (QED) is 0.669. The zero-order valence-electron chi connectivity index (χ0n) is 9.49. The molecule has 1 saturated carbocycles. The van der Waals surface area contributed by atoms with Crippen LogP contribution in [0.15, 0.2) is 24.3 Å². The smallest absolute Gasteiger partial charge is 0.319 e. The van der Waals surface area contributed by atoms with Gasteiger partial charge in [0, 0.05) is 17.3 Å². The molecule has 0 aliphatic heterocycles. The van der Waals surface area contributed by atoms with Crippen molar-refractivity contribution in [1.29, 1.82) is 0 Å². The standard InChI is InChI=1S/C13H15N3O/c14-9-1-2-10-3-5-11(6-4-10)15-13(17)16-12-7-8-12/h3-6,12H,7-9,14H2,(H2,15,16,17). The number of urea groups is 1. The van der Waals surface area contributed by atoms with Crippen LogP contribution in [0.5, 0.6) is 0 Å². The zero-order valence-corrected chi connectivity index (χ0v) is 9.49. The van der Waals surface area contributed by atoms with E-state index in [0.717, 1.165) is 24.1 Å². The van der Waals surface area contributed by atoms with Crippen LogP contribution in [0.3, 0.4) is 0 Å². The molecule has 0 heterocycles. The summed E-state index contributed by atoms with van der Waals surface area (Å²) in [6.45, 7) is 0.351. The van der Waals surface area contributed by atoms with Crippen LogP contribution in [-0.2, 0) is 0 Å². The molecule has 2 rings (SSSR count). The molecule has 0 unspecified atom stereocenters. The van der Waals surface area contributed by atoms with E-state index >= 15 is 0 Å². The number of carbonyl (C=O) groups excluding carboxylic acids is 1. The Bertz CT molecular complexity index is 452. The van der Waals surface area contributed by atoms with E-state index in [0.29, 0.717) is 12.6 Å². The minimum Gasteiger partial charge on any atom is -0.335 e. The number of hydrogen-bond donors (Lipinski definition) is 3. The van der Waals surface area contributed by atoms with E-state index in [4.69, 9.17) is 5.73 Å². The van der Waals surface area contributed by atoms with E-state index in [-0.39, 0.29) is 6.03 Å². The molecule has 1 fully saturated rings. The van der Waals surface area contributed by atoms with Crippen molar-refractivity contribution in [2.75, 3.05) is 11.9 Å². The van der Waals surface area contributed by atoms with E-state index < -0.39 is 0 Å². The minimum atomic E-state index is -0.145. The number of anilines is 1. The first-order chi connectivity index (χ1) is 8.28. The van der Waals surface area contributed by atoms with Crippen molar-refractivity contribution in [2.24, 2.45) is 5.73 Å². The summed E-state index contributed by atoms with van der Waals surface area (Å²) in [7, 11) is 0. The van der Waals surface area contributed by atoms with Gasteiger partial charge in [-0.3, -0.25) is 0 Å². The molecule has 1 aromatic rings. The van der Waals surface area contributed by atoms with Gasteiger partial charge in [0.05, 0.1) is 6.54 Å². The van der Waals surface area contributed by atoms with Crippen molar-refractivity contribution in [3.8, 4) is 11.8 Å². The van der Waals surface area contributed by atoms with E-state index in [1.54, 1.807) is 0 Å². The Kier molecular flexibility index (Phi) is 3.63. The number of carbonyl (C=O) groups is 1. The molecule has 1 aromatic carbocycles. The molecule has 1 aliphatic rings. The molecule has 0 atom stereocenters. The van der Waals surface area contributed by atoms with Gasteiger partial charge >= 0.3 is 6.03 Å². The maximum Gasteiger partial charge on any atom is 0.319 e. The Morgan fingerprint density at radius 2 is 2.06 bits per heavy atom. The van der Waals surface area contributed by atoms with Crippen molar-refractivity contribution in [3.63, 3.8) is 0 Å². The van der Waals surface area contributed by atoms with Crippen molar-refractivity contribution >= 4 is 11.7 Å². The highest BCUT2D eigenvalue weighted by Gasteiger charge is 2.22. The molecule has 4 N–H and O–H groups in total. The fraction of sp³-hybridized carbons (Fsp3) is 0.308. The Labute approximate surface area is 101 Å². The third-order valence-corrected chi connectivity index (χ3v) is 2.39. The minimum absolute atomic E-state index is 0.145. The summed E-state index contributed by atoms with van der Waals surface area (Å²) in [5, 5.41) is 5.63. The lowest BCUT2D eigenvalue weighted by atomic mass is 10.2. The van der Waals surface area contributed by atoms with E-state index in [9.17, 15) is 4.79 Å². The van der Waals surface area contributed by atoms with Gasteiger partial charge in [0.2, 0.25) is 0 Å². The molecule has 2 amide bonds. The van der Waals surface area contributed by atoms with Gasteiger partial charge in [-0.1, -0.05) is 11.8 Å². The first-order valence-electron chi connectivity index (χ1n) is 5.64. The van der Waals surface area contributed by atoms with Gasteiger partial charge in [0.15, 0.2) is 0 Å². The number of amides is 2. The maximum absolute atomic E-state index is 11.5. The van der Waals surface area contributed by atoms with Gasteiger partial charge in [-0.25, -0.2) is 4.79 Å². The highest BCUT2D eigenvalue weighted by molar-refractivity contribution is 5.89. The highest BCUT2D eigenvalue weighted by Crippen LogP contribution is 2.18. The third kappa shape index (κ3) is 3.82. The SMILES string of the molecule is NCC#Cc1ccc(NC(=O)NC2CC2)cc1. The zero-order chi connectivity index (χ0) is 12.1. The lowest BCUT2D eigenvalue weighted by Crippen LogP contribution is -2.30. The average Bonchev–Trinajstić information content (AvgIpc) is 3.12. The highest BCUT2D eigenvalue weighted by atomic mass is 16.2. The molecule has 0 radical (unpaired) electrons. The number of nitrogens with two attached hydrogens (primary N) is 1. The molecule has 0 bridgehead atoms. The monoisotopic (exact) mass is 229 g/mol. The Morgan fingerprint density at radius 3 is 2.65 bits per heavy atom. The van der Waals surface area contributed by atoms with Crippen LogP contribution in [0.2, 0.25) is 0 Å². The van der Waals surface area contributed by atoms with Crippen LogP contribution >= 0.6 is 0 Å². The fourth-order valence-electron chi connectivity index (χ4n) is 1.37. The lowest BCUT2D eigenvalue weighted by Gasteiger charge is -2.06. The first-order valence-corrected chi connectivity index (χ1v) is 5.64. The summed E-state index contributed by atoms with van der Waals surface area (Å²) in [5.74, 6) is 5.70. The molecule has 17 heavy (non-hydrogen) atoms. The second kappa shape index (κ2) is 5.37. The van der Waals surface area contributed by atoms with E-state index in [1.165, 1.54) is 0 Å². The summed E-state index contributed by atoms with van der Waals surface area (Å²) in [6, 6.07) is 7.59. The van der Waals surface area contributed by atoms with Crippen LogP contribution in [-0.4, -0.2) is 18.6 Å². The predicted octanol–water partition coefficient (Wildman–Crippen LogP) is 1.28. The van der Waals surface area contributed by atoms with Crippen LogP contribution in [0.4, 0.5) is 10.5 Å². The summed E-state index contributed by atoms with van der Waals surface area (Å²) in [4.78, 5) is 11.5. The Hall–Kier alpha value is -1.99. The lowest BCUT2D eigenvalue weighted by molar-refractivity contribution is 0.251. The van der Waals surface area contributed by atoms with Gasteiger partial charge in [0.25, 0.3) is 0 Å². The number of benzene rings is 1. The fourth-order valence-corrected chi connectivity index (χ4v) is 1.37. The molecule has 1 aliphatic carbocycles. The summed E-state index contributed by atoms with van der Waals surface area (Å²) < 4.78 is 0. The second-order valence-corrected chi connectivity index (χ2v) is 3.96. The van der Waals surface area contributed by atoms with Gasteiger partial charge in [0.1, 0.15) is 0 Å². The number of nitrogens with one attached hydrogen (secondary N) is 2. The van der Waals surface area contributed by atoms with Crippen LogP contribution < -0.4 is 16.4 Å². The average molecular weight is 229 g/mol. The Morgan fingerprint density at radius 1 is 1.35 bits per heavy atom. The number of hydrogen-bond acceptors (Lipinski definition) is 2. The van der Waals surface area contributed by atoms with Gasteiger partial charge in [-0.05, 0) is 37.1 Å².